The highest BCUT2D eigenvalue weighted by molar-refractivity contribution is 5.93. The molecule has 1 amide bonds. The second-order valence-corrected chi connectivity index (χ2v) is 5.49. The number of aliphatic hydroxyl groups is 1. The van der Waals surface area contributed by atoms with Crippen LogP contribution in [0.4, 0.5) is 5.82 Å². The second kappa shape index (κ2) is 5.96. The fraction of sp³-hybridized carbons (Fsp3) is 0.571. The van der Waals surface area contributed by atoms with Crippen LogP contribution in [0.15, 0.2) is 18.3 Å². The number of hydrogen-bond acceptors (Lipinski definition) is 3. The Kier molecular flexibility index (Phi) is 4.84. The number of carbonyl (C=O) groups excluding carboxylic acids is 1. The van der Waals surface area contributed by atoms with E-state index < -0.39 is 11.5 Å². The Morgan fingerprint density at radius 2 is 2.11 bits per heavy atom. The summed E-state index contributed by atoms with van der Waals surface area (Å²) in [4.78, 5) is 15.9. The summed E-state index contributed by atoms with van der Waals surface area (Å²) in [7, 11) is 0. The number of aliphatic hydroxyl groups excluding tert-OH is 1. The molecule has 1 atom stereocenters. The molecule has 1 heterocycles. The van der Waals surface area contributed by atoms with E-state index in [-0.39, 0.29) is 5.91 Å². The Balaban J connectivity index is 2.69. The van der Waals surface area contributed by atoms with Gasteiger partial charge in [-0.05, 0) is 18.1 Å². The summed E-state index contributed by atoms with van der Waals surface area (Å²) >= 11 is 0. The van der Waals surface area contributed by atoms with Crippen molar-refractivity contribution in [2.45, 2.75) is 46.6 Å². The van der Waals surface area contributed by atoms with E-state index in [0.717, 1.165) is 18.4 Å². The number of pyridine rings is 1. The number of aromatic nitrogens is 1. The minimum atomic E-state index is -0.477. The number of hydrogen-bond donors (Lipinski definition) is 2. The lowest BCUT2D eigenvalue weighted by molar-refractivity contribution is -0.123. The van der Waals surface area contributed by atoms with Gasteiger partial charge in [-0.25, -0.2) is 4.98 Å². The Morgan fingerprint density at radius 3 is 2.56 bits per heavy atom. The van der Waals surface area contributed by atoms with Gasteiger partial charge >= 0.3 is 0 Å². The number of nitrogens with one attached hydrogen (secondary N) is 1. The third kappa shape index (κ3) is 4.11. The highest BCUT2D eigenvalue weighted by Crippen LogP contribution is 2.20. The van der Waals surface area contributed by atoms with Gasteiger partial charge in [0.25, 0.3) is 0 Å². The Bertz CT molecular complexity index is 393. The number of anilines is 1. The van der Waals surface area contributed by atoms with Crippen LogP contribution in [0.3, 0.4) is 0 Å². The Labute approximate surface area is 108 Å². The molecular weight excluding hydrogens is 228 g/mol. The number of rotatable bonds is 4. The topological polar surface area (TPSA) is 62.2 Å². The molecule has 1 rings (SSSR count). The molecule has 0 saturated heterocycles. The van der Waals surface area contributed by atoms with Gasteiger partial charge in [-0.3, -0.25) is 4.79 Å². The van der Waals surface area contributed by atoms with Crippen molar-refractivity contribution >= 4 is 11.7 Å². The lowest BCUT2D eigenvalue weighted by Crippen LogP contribution is -2.28. The van der Waals surface area contributed by atoms with Gasteiger partial charge in [0.05, 0.1) is 6.10 Å². The monoisotopic (exact) mass is 250 g/mol. The smallest absolute Gasteiger partial charge is 0.230 e. The summed E-state index contributed by atoms with van der Waals surface area (Å²) in [6.07, 6.45) is 2.77. The first-order valence-electron chi connectivity index (χ1n) is 6.30. The fourth-order valence-corrected chi connectivity index (χ4v) is 1.42. The van der Waals surface area contributed by atoms with Gasteiger partial charge in [0, 0.05) is 11.6 Å². The highest BCUT2D eigenvalue weighted by atomic mass is 16.3. The molecular formula is C14H22N2O2. The van der Waals surface area contributed by atoms with E-state index in [2.05, 4.69) is 10.3 Å². The highest BCUT2D eigenvalue weighted by Gasteiger charge is 2.21. The van der Waals surface area contributed by atoms with E-state index in [1.54, 1.807) is 18.3 Å². The van der Waals surface area contributed by atoms with Gasteiger partial charge in [-0.2, -0.15) is 0 Å². The van der Waals surface area contributed by atoms with Gasteiger partial charge in [0.1, 0.15) is 5.82 Å². The summed E-state index contributed by atoms with van der Waals surface area (Å²) in [6.45, 7) is 7.57. The minimum absolute atomic E-state index is 0.0724. The average Bonchev–Trinajstić information content (AvgIpc) is 2.29. The fourth-order valence-electron chi connectivity index (χ4n) is 1.42. The number of amides is 1. The van der Waals surface area contributed by atoms with E-state index >= 15 is 0 Å². The van der Waals surface area contributed by atoms with Gasteiger partial charge < -0.3 is 10.4 Å². The molecule has 2 N–H and O–H groups in total. The quantitative estimate of drug-likeness (QED) is 0.863. The predicted molar refractivity (Wildman–Crippen MR) is 72.2 cm³/mol. The molecule has 0 bridgehead atoms. The lowest BCUT2D eigenvalue weighted by atomic mass is 9.96. The maximum atomic E-state index is 11.8. The SMILES string of the molecule is CCCC(O)c1ccc(NC(=O)C(C)(C)C)nc1. The molecule has 0 aromatic carbocycles. The minimum Gasteiger partial charge on any atom is -0.388 e. The molecule has 100 valence electrons. The maximum Gasteiger partial charge on any atom is 0.230 e. The first-order valence-corrected chi connectivity index (χ1v) is 6.30. The molecule has 1 unspecified atom stereocenters. The van der Waals surface area contributed by atoms with Crippen LogP contribution in [0.25, 0.3) is 0 Å². The van der Waals surface area contributed by atoms with E-state index in [1.165, 1.54) is 0 Å². The van der Waals surface area contributed by atoms with Crippen molar-refractivity contribution in [3.63, 3.8) is 0 Å². The van der Waals surface area contributed by atoms with Crippen molar-refractivity contribution < 1.29 is 9.90 Å². The molecule has 0 fully saturated rings. The van der Waals surface area contributed by atoms with Crippen LogP contribution in [-0.2, 0) is 4.79 Å². The lowest BCUT2D eigenvalue weighted by Gasteiger charge is -2.17. The van der Waals surface area contributed by atoms with Crippen LogP contribution < -0.4 is 5.32 Å². The first-order chi connectivity index (χ1) is 8.34. The number of carbonyl (C=O) groups is 1. The van der Waals surface area contributed by atoms with Crippen LogP contribution in [0.2, 0.25) is 0 Å². The standard InChI is InChI=1S/C14H22N2O2/c1-5-6-11(17)10-7-8-12(15-9-10)16-13(18)14(2,3)4/h7-9,11,17H,5-6H2,1-4H3,(H,15,16,18). The Hall–Kier alpha value is -1.42. The predicted octanol–water partition coefficient (Wildman–Crippen LogP) is 2.90. The van der Waals surface area contributed by atoms with Crippen molar-refractivity contribution in [3.8, 4) is 0 Å². The largest absolute Gasteiger partial charge is 0.388 e. The molecule has 4 heteroatoms. The molecule has 0 aliphatic heterocycles. The van der Waals surface area contributed by atoms with Crippen molar-refractivity contribution in [2.24, 2.45) is 5.41 Å². The van der Waals surface area contributed by atoms with Gasteiger partial charge in [-0.1, -0.05) is 40.2 Å². The summed E-state index contributed by atoms with van der Waals surface area (Å²) in [5.41, 5.74) is 0.341. The summed E-state index contributed by atoms with van der Waals surface area (Å²) in [5.74, 6) is 0.444. The zero-order valence-electron chi connectivity index (χ0n) is 11.5. The van der Waals surface area contributed by atoms with E-state index in [4.69, 9.17) is 0 Å². The summed E-state index contributed by atoms with van der Waals surface area (Å²) in [6, 6.07) is 3.52. The van der Waals surface area contributed by atoms with Crippen molar-refractivity contribution in [2.75, 3.05) is 5.32 Å². The number of nitrogens with zero attached hydrogens (tertiary/aromatic N) is 1. The zero-order chi connectivity index (χ0) is 13.8. The maximum absolute atomic E-state index is 11.8. The molecule has 1 aromatic heterocycles. The van der Waals surface area contributed by atoms with Crippen LogP contribution in [0, 0.1) is 5.41 Å². The van der Waals surface area contributed by atoms with Crippen LogP contribution in [0.5, 0.6) is 0 Å². The van der Waals surface area contributed by atoms with E-state index in [9.17, 15) is 9.90 Å². The molecule has 4 nitrogen and oxygen atoms in total. The average molecular weight is 250 g/mol. The first kappa shape index (κ1) is 14.6. The molecule has 18 heavy (non-hydrogen) atoms. The molecule has 1 aromatic rings. The Morgan fingerprint density at radius 1 is 1.44 bits per heavy atom. The molecule has 0 aliphatic carbocycles. The van der Waals surface area contributed by atoms with E-state index in [0.29, 0.717) is 5.82 Å². The molecule has 0 spiro atoms. The molecule has 0 aliphatic rings. The zero-order valence-corrected chi connectivity index (χ0v) is 11.5. The van der Waals surface area contributed by atoms with Gasteiger partial charge in [0.15, 0.2) is 0 Å². The molecule has 0 saturated carbocycles. The van der Waals surface area contributed by atoms with E-state index in [1.807, 2.05) is 27.7 Å². The normalized spacial score (nSPS) is 13.2. The van der Waals surface area contributed by atoms with Crippen LogP contribution in [-0.4, -0.2) is 16.0 Å². The van der Waals surface area contributed by atoms with Crippen LogP contribution in [0.1, 0.15) is 52.2 Å². The second-order valence-electron chi connectivity index (χ2n) is 5.49. The third-order valence-corrected chi connectivity index (χ3v) is 2.66. The van der Waals surface area contributed by atoms with Gasteiger partial charge in [0.2, 0.25) is 5.91 Å². The summed E-state index contributed by atoms with van der Waals surface area (Å²) in [5, 5.41) is 12.5. The summed E-state index contributed by atoms with van der Waals surface area (Å²) < 4.78 is 0. The third-order valence-electron chi connectivity index (χ3n) is 2.66. The van der Waals surface area contributed by atoms with Crippen LogP contribution >= 0.6 is 0 Å². The van der Waals surface area contributed by atoms with Crippen molar-refractivity contribution in [3.05, 3.63) is 23.9 Å². The molecule has 0 radical (unpaired) electrons. The van der Waals surface area contributed by atoms with Crippen molar-refractivity contribution in [1.29, 1.82) is 0 Å². The van der Waals surface area contributed by atoms with Crippen molar-refractivity contribution in [1.82, 2.24) is 4.98 Å². The van der Waals surface area contributed by atoms with Gasteiger partial charge in [-0.15, -0.1) is 0 Å².